The molecule has 1 atom stereocenters. The van der Waals surface area contributed by atoms with Crippen molar-refractivity contribution in [2.75, 3.05) is 32.2 Å². The average Bonchev–Trinajstić information content (AvgIpc) is 3.04. The first-order valence-corrected chi connectivity index (χ1v) is 11.0. The lowest BCUT2D eigenvalue weighted by molar-refractivity contribution is -0.120. The number of likely N-dealkylation sites (tertiary alicyclic amines) is 1. The molecule has 32 heavy (non-hydrogen) atoms. The fourth-order valence-electron chi connectivity index (χ4n) is 4.64. The first-order valence-electron chi connectivity index (χ1n) is 11.0. The van der Waals surface area contributed by atoms with Crippen molar-refractivity contribution in [1.29, 1.82) is 0 Å². The first-order chi connectivity index (χ1) is 15.3. The number of anilines is 1. The van der Waals surface area contributed by atoms with Crippen LogP contribution in [0.2, 0.25) is 0 Å². The number of carbonyl (C=O) groups is 2. The van der Waals surface area contributed by atoms with Crippen molar-refractivity contribution in [1.82, 2.24) is 4.90 Å². The molecule has 0 radical (unpaired) electrons. The van der Waals surface area contributed by atoms with Gasteiger partial charge in [0.1, 0.15) is 5.70 Å². The normalized spacial score (nSPS) is 19.1. The molecule has 168 valence electrons. The Kier molecular flexibility index (Phi) is 5.96. The molecule has 0 aromatic heterocycles. The van der Waals surface area contributed by atoms with Crippen LogP contribution in [0.4, 0.5) is 5.69 Å². The molecular weight excluding hydrogens is 404 g/mol. The van der Waals surface area contributed by atoms with E-state index in [1.807, 2.05) is 38.1 Å². The molecule has 0 saturated carbocycles. The number of ether oxygens (including phenoxy) is 2. The quantitative estimate of drug-likeness (QED) is 0.656. The summed E-state index contributed by atoms with van der Waals surface area (Å²) < 4.78 is 10.8. The van der Waals surface area contributed by atoms with E-state index < -0.39 is 0 Å². The van der Waals surface area contributed by atoms with Gasteiger partial charge in [-0.05, 0) is 67.5 Å². The standard InChI is InChI=1S/C26H30N2O4/c1-16-8-9-18(3)20(13-16)28-25(29)23(19-10-11-21(31-4)22(14-19)32-5)24(26(28)30)27-12-6-7-17(2)15-27/h8-11,13-14,17H,6-7,12,15H2,1-5H3. The summed E-state index contributed by atoms with van der Waals surface area (Å²) in [6.07, 6.45) is 2.12. The van der Waals surface area contributed by atoms with Crippen molar-refractivity contribution in [2.45, 2.75) is 33.6 Å². The van der Waals surface area contributed by atoms with Gasteiger partial charge in [0, 0.05) is 13.1 Å². The summed E-state index contributed by atoms with van der Waals surface area (Å²) in [4.78, 5) is 31.0. The molecule has 1 unspecified atom stereocenters. The van der Waals surface area contributed by atoms with Gasteiger partial charge in [-0.25, -0.2) is 4.90 Å². The van der Waals surface area contributed by atoms with Crippen molar-refractivity contribution in [2.24, 2.45) is 5.92 Å². The molecule has 0 aliphatic carbocycles. The van der Waals surface area contributed by atoms with Gasteiger partial charge >= 0.3 is 0 Å². The number of piperidine rings is 1. The van der Waals surface area contributed by atoms with Gasteiger partial charge in [-0.15, -0.1) is 0 Å². The molecular formula is C26H30N2O4. The molecule has 4 rings (SSSR count). The SMILES string of the molecule is COc1ccc(C2=C(N3CCCC(C)C3)C(=O)N(c3cc(C)ccc3C)C2=O)cc1OC. The number of hydrogen-bond acceptors (Lipinski definition) is 5. The van der Waals surface area contributed by atoms with Gasteiger partial charge in [-0.1, -0.05) is 25.1 Å². The van der Waals surface area contributed by atoms with E-state index in [0.29, 0.717) is 39.9 Å². The minimum absolute atomic E-state index is 0.261. The van der Waals surface area contributed by atoms with Crippen LogP contribution in [0.3, 0.4) is 0 Å². The van der Waals surface area contributed by atoms with Gasteiger partial charge < -0.3 is 14.4 Å². The van der Waals surface area contributed by atoms with Crippen molar-refractivity contribution in [3.63, 3.8) is 0 Å². The lowest BCUT2D eigenvalue weighted by Gasteiger charge is -2.33. The third-order valence-electron chi connectivity index (χ3n) is 6.31. The summed E-state index contributed by atoms with van der Waals surface area (Å²) in [5.41, 5.74) is 4.08. The highest BCUT2D eigenvalue weighted by Gasteiger charge is 2.43. The number of nitrogens with zero attached hydrogens (tertiary/aromatic N) is 2. The van der Waals surface area contributed by atoms with Crippen LogP contribution in [0.15, 0.2) is 42.1 Å². The molecule has 1 saturated heterocycles. The van der Waals surface area contributed by atoms with Crippen LogP contribution in [0.1, 0.15) is 36.5 Å². The van der Waals surface area contributed by atoms with Crippen molar-refractivity contribution in [3.8, 4) is 11.5 Å². The fraction of sp³-hybridized carbons (Fsp3) is 0.385. The Hall–Kier alpha value is -3.28. The minimum Gasteiger partial charge on any atom is -0.493 e. The Morgan fingerprint density at radius 3 is 2.38 bits per heavy atom. The number of imide groups is 1. The summed E-state index contributed by atoms with van der Waals surface area (Å²) in [5.74, 6) is 0.995. The highest BCUT2D eigenvalue weighted by atomic mass is 16.5. The smallest absolute Gasteiger partial charge is 0.282 e. The van der Waals surface area contributed by atoms with Gasteiger partial charge in [-0.3, -0.25) is 9.59 Å². The van der Waals surface area contributed by atoms with Gasteiger partial charge in [0.15, 0.2) is 11.5 Å². The van der Waals surface area contributed by atoms with E-state index >= 15 is 0 Å². The number of aryl methyl sites for hydroxylation is 2. The molecule has 2 aliphatic heterocycles. The zero-order chi connectivity index (χ0) is 23.0. The highest BCUT2D eigenvalue weighted by Crippen LogP contribution is 2.40. The van der Waals surface area contributed by atoms with E-state index in [0.717, 1.165) is 37.1 Å². The Morgan fingerprint density at radius 1 is 0.938 bits per heavy atom. The maximum atomic E-state index is 13.8. The van der Waals surface area contributed by atoms with E-state index in [4.69, 9.17) is 9.47 Å². The van der Waals surface area contributed by atoms with Crippen molar-refractivity contribution < 1.29 is 19.1 Å². The van der Waals surface area contributed by atoms with Crippen LogP contribution in [-0.2, 0) is 9.59 Å². The predicted molar refractivity (Wildman–Crippen MR) is 125 cm³/mol. The lowest BCUT2D eigenvalue weighted by atomic mass is 9.97. The molecule has 0 bridgehead atoms. The fourth-order valence-corrected chi connectivity index (χ4v) is 4.64. The number of amides is 2. The minimum atomic E-state index is -0.302. The summed E-state index contributed by atoms with van der Waals surface area (Å²) in [7, 11) is 3.14. The number of carbonyl (C=O) groups excluding carboxylic acids is 2. The van der Waals surface area contributed by atoms with Gasteiger partial charge in [0.2, 0.25) is 0 Å². The monoisotopic (exact) mass is 434 g/mol. The zero-order valence-electron chi connectivity index (χ0n) is 19.4. The maximum absolute atomic E-state index is 13.8. The second-order valence-electron chi connectivity index (χ2n) is 8.72. The summed E-state index contributed by atoms with van der Waals surface area (Å²) >= 11 is 0. The molecule has 2 aliphatic rings. The third-order valence-corrected chi connectivity index (χ3v) is 6.31. The molecule has 0 N–H and O–H groups in total. The Labute approximate surface area is 189 Å². The average molecular weight is 435 g/mol. The second kappa shape index (κ2) is 8.69. The predicted octanol–water partition coefficient (Wildman–Crippen LogP) is 4.34. The van der Waals surface area contributed by atoms with Crippen LogP contribution in [-0.4, -0.2) is 44.0 Å². The number of methoxy groups -OCH3 is 2. The molecule has 2 aromatic carbocycles. The largest absolute Gasteiger partial charge is 0.493 e. The van der Waals surface area contributed by atoms with Gasteiger partial charge in [-0.2, -0.15) is 0 Å². The molecule has 1 fully saturated rings. The number of hydrogen-bond donors (Lipinski definition) is 0. The Morgan fingerprint density at radius 2 is 1.69 bits per heavy atom. The molecule has 2 aromatic rings. The molecule has 6 nitrogen and oxygen atoms in total. The highest BCUT2D eigenvalue weighted by molar-refractivity contribution is 6.45. The van der Waals surface area contributed by atoms with E-state index in [9.17, 15) is 9.59 Å². The second-order valence-corrected chi connectivity index (χ2v) is 8.72. The van der Waals surface area contributed by atoms with Crippen LogP contribution in [0, 0.1) is 19.8 Å². The molecule has 2 heterocycles. The summed E-state index contributed by atoms with van der Waals surface area (Å²) in [6.45, 7) is 7.59. The summed E-state index contributed by atoms with van der Waals surface area (Å²) in [6, 6.07) is 11.2. The van der Waals surface area contributed by atoms with E-state index in [1.165, 1.54) is 4.90 Å². The number of benzene rings is 2. The first kappa shape index (κ1) is 21.9. The van der Waals surface area contributed by atoms with E-state index in [1.54, 1.807) is 26.4 Å². The van der Waals surface area contributed by atoms with Crippen molar-refractivity contribution in [3.05, 3.63) is 58.8 Å². The lowest BCUT2D eigenvalue weighted by Crippen LogP contribution is -2.39. The van der Waals surface area contributed by atoms with E-state index in [2.05, 4.69) is 11.8 Å². The third kappa shape index (κ3) is 3.74. The maximum Gasteiger partial charge on any atom is 0.282 e. The van der Waals surface area contributed by atoms with Crippen molar-refractivity contribution >= 4 is 23.1 Å². The van der Waals surface area contributed by atoms with Crippen LogP contribution in [0.5, 0.6) is 11.5 Å². The number of rotatable bonds is 5. The van der Waals surface area contributed by atoms with Crippen LogP contribution >= 0.6 is 0 Å². The topological polar surface area (TPSA) is 59.1 Å². The Bertz CT molecular complexity index is 1110. The van der Waals surface area contributed by atoms with Gasteiger partial charge in [0.25, 0.3) is 11.8 Å². The summed E-state index contributed by atoms with van der Waals surface area (Å²) in [5, 5.41) is 0. The zero-order valence-corrected chi connectivity index (χ0v) is 19.4. The molecule has 0 spiro atoms. The molecule has 2 amide bonds. The van der Waals surface area contributed by atoms with Gasteiger partial charge in [0.05, 0.1) is 25.5 Å². The van der Waals surface area contributed by atoms with E-state index in [-0.39, 0.29) is 11.8 Å². The van der Waals surface area contributed by atoms with Crippen LogP contribution in [0.25, 0.3) is 5.57 Å². The van der Waals surface area contributed by atoms with Crippen LogP contribution < -0.4 is 14.4 Å². The molecule has 6 heteroatoms. The Balaban J connectivity index is 1.88.